The highest BCUT2D eigenvalue weighted by Gasteiger charge is 2.21. The third-order valence-electron chi connectivity index (χ3n) is 5.01. The Bertz CT molecular complexity index is 1300. The number of anilines is 1. The molecule has 32 heavy (non-hydrogen) atoms. The van der Waals surface area contributed by atoms with Gasteiger partial charge < -0.3 is 10.1 Å². The highest BCUT2D eigenvalue weighted by molar-refractivity contribution is 6.08. The average Bonchev–Trinajstić information content (AvgIpc) is 3.12. The summed E-state index contributed by atoms with van der Waals surface area (Å²) in [6, 6.07) is 18.5. The van der Waals surface area contributed by atoms with Gasteiger partial charge in [-0.05, 0) is 57.5 Å². The molecular weight excluding hydrogens is 402 g/mol. The fourth-order valence-electron chi connectivity index (χ4n) is 3.48. The van der Waals surface area contributed by atoms with Crippen molar-refractivity contribution >= 4 is 23.2 Å². The first-order chi connectivity index (χ1) is 15.3. The number of rotatable bonds is 5. The van der Waals surface area contributed by atoms with Gasteiger partial charge in [0.2, 0.25) is 0 Å². The van der Waals surface area contributed by atoms with Crippen LogP contribution in [0.25, 0.3) is 16.9 Å². The molecule has 4 rings (SSSR count). The van der Waals surface area contributed by atoms with Crippen LogP contribution in [0.15, 0.2) is 66.9 Å². The predicted molar refractivity (Wildman–Crippen MR) is 125 cm³/mol. The monoisotopic (exact) mass is 427 g/mol. The van der Waals surface area contributed by atoms with Gasteiger partial charge >= 0.3 is 5.97 Å². The van der Waals surface area contributed by atoms with Gasteiger partial charge in [0.15, 0.2) is 0 Å². The number of imidazole rings is 1. The zero-order valence-corrected chi connectivity index (χ0v) is 18.5. The summed E-state index contributed by atoms with van der Waals surface area (Å²) < 4.78 is 7.06. The van der Waals surface area contributed by atoms with Crippen LogP contribution >= 0.6 is 0 Å². The van der Waals surface area contributed by atoms with Gasteiger partial charge in [-0.15, -0.1) is 0 Å². The molecule has 2 aromatic heterocycles. The van der Waals surface area contributed by atoms with Crippen LogP contribution in [0.4, 0.5) is 5.69 Å². The summed E-state index contributed by atoms with van der Waals surface area (Å²) in [6.07, 6.45) is 1.67. The number of fused-ring (bicyclic) bond motifs is 1. The summed E-state index contributed by atoms with van der Waals surface area (Å²) in [5.41, 5.74) is 5.60. The maximum Gasteiger partial charge on any atom is 0.338 e. The number of pyridine rings is 1. The number of esters is 1. The molecule has 0 radical (unpaired) electrons. The number of carbonyl (C=O) groups is 2. The maximum atomic E-state index is 13.4. The normalized spacial score (nSPS) is 11.0. The third kappa shape index (κ3) is 4.39. The Hall–Kier alpha value is -3.93. The van der Waals surface area contributed by atoms with Crippen LogP contribution < -0.4 is 5.32 Å². The second-order valence-corrected chi connectivity index (χ2v) is 8.10. The molecule has 0 aliphatic heterocycles. The first-order valence-corrected chi connectivity index (χ1v) is 10.5. The molecule has 0 aliphatic carbocycles. The van der Waals surface area contributed by atoms with Gasteiger partial charge in [-0.3, -0.25) is 9.20 Å². The van der Waals surface area contributed by atoms with Gasteiger partial charge in [-0.25, -0.2) is 9.78 Å². The van der Waals surface area contributed by atoms with Crippen LogP contribution in [0.3, 0.4) is 0 Å². The molecular formula is C26H25N3O3. The van der Waals surface area contributed by atoms with Crippen LogP contribution in [0.1, 0.15) is 45.8 Å². The minimum atomic E-state index is -0.429. The number of nitrogens with zero attached hydrogens (tertiary/aromatic N) is 2. The molecule has 0 bridgehead atoms. The van der Waals surface area contributed by atoms with E-state index >= 15 is 0 Å². The highest BCUT2D eigenvalue weighted by Crippen LogP contribution is 2.26. The highest BCUT2D eigenvalue weighted by atomic mass is 16.5. The standard InChI is InChI=1S/C26H25N3O3/c1-16(2)32-26(31)20-6-5-7-21(14-20)27-25(30)24-23(19-11-8-17(3)9-12-19)28-22-13-10-18(4)15-29(22)24/h5-16H,1-4H3,(H,27,30). The van der Waals surface area contributed by atoms with Gasteiger partial charge in [-0.2, -0.15) is 0 Å². The molecule has 2 aromatic carbocycles. The lowest BCUT2D eigenvalue weighted by atomic mass is 10.1. The Labute approximate surface area is 186 Å². The van der Waals surface area contributed by atoms with E-state index in [1.54, 1.807) is 42.5 Å². The Morgan fingerprint density at radius 1 is 0.969 bits per heavy atom. The van der Waals surface area contributed by atoms with E-state index in [0.29, 0.717) is 28.3 Å². The molecule has 1 amide bonds. The number of amides is 1. The number of aromatic nitrogens is 2. The zero-order chi connectivity index (χ0) is 22.8. The van der Waals surface area contributed by atoms with Crippen molar-refractivity contribution in [3.63, 3.8) is 0 Å². The minimum absolute atomic E-state index is 0.223. The van der Waals surface area contributed by atoms with E-state index in [1.807, 2.05) is 56.4 Å². The molecule has 2 heterocycles. The van der Waals surface area contributed by atoms with E-state index in [-0.39, 0.29) is 12.0 Å². The second-order valence-electron chi connectivity index (χ2n) is 8.10. The Morgan fingerprint density at radius 2 is 1.69 bits per heavy atom. The molecule has 0 fully saturated rings. The summed E-state index contributed by atoms with van der Waals surface area (Å²) in [6.45, 7) is 7.57. The molecule has 0 saturated carbocycles. The molecule has 6 nitrogen and oxygen atoms in total. The summed E-state index contributed by atoms with van der Waals surface area (Å²) in [4.78, 5) is 30.4. The molecule has 4 aromatic rings. The first kappa shape index (κ1) is 21.3. The number of hydrogen-bond donors (Lipinski definition) is 1. The fourth-order valence-corrected chi connectivity index (χ4v) is 3.48. The van der Waals surface area contributed by atoms with E-state index in [4.69, 9.17) is 9.72 Å². The lowest BCUT2D eigenvalue weighted by Crippen LogP contribution is -2.16. The van der Waals surface area contributed by atoms with Crippen molar-refractivity contribution in [3.8, 4) is 11.3 Å². The Kier molecular flexibility index (Phi) is 5.77. The smallest absolute Gasteiger partial charge is 0.338 e. The van der Waals surface area contributed by atoms with Crippen LogP contribution in [-0.2, 0) is 4.74 Å². The van der Waals surface area contributed by atoms with Crippen LogP contribution in [0.5, 0.6) is 0 Å². The first-order valence-electron chi connectivity index (χ1n) is 10.5. The SMILES string of the molecule is Cc1ccc(-c2nc3ccc(C)cn3c2C(=O)Nc2cccc(C(=O)OC(C)C)c2)cc1. The lowest BCUT2D eigenvalue weighted by molar-refractivity contribution is 0.0377. The lowest BCUT2D eigenvalue weighted by Gasteiger charge is -2.11. The van der Waals surface area contributed by atoms with Crippen molar-refractivity contribution in [2.75, 3.05) is 5.32 Å². The Balaban J connectivity index is 1.74. The second kappa shape index (κ2) is 8.67. The van der Waals surface area contributed by atoms with Crippen LogP contribution in [0.2, 0.25) is 0 Å². The van der Waals surface area contributed by atoms with E-state index in [1.165, 1.54) is 0 Å². The van der Waals surface area contributed by atoms with E-state index in [0.717, 1.165) is 16.7 Å². The van der Waals surface area contributed by atoms with Crippen molar-refractivity contribution in [2.24, 2.45) is 0 Å². The molecule has 0 saturated heterocycles. The molecule has 0 unspecified atom stereocenters. The van der Waals surface area contributed by atoms with E-state index in [9.17, 15) is 9.59 Å². The molecule has 162 valence electrons. The van der Waals surface area contributed by atoms with Crippen molar-refractivity contribution in [3.05, 3.63) is 89.2 Å². The van der Waals surface area contributed by atoms with Crippen molar-refractivity contribution in [1.29, 1.82) is 0 Å². The molecule has 0 spiro atoms. The van der Waals surface area contributed by atoms with Crippen molar-refractivity contribution < 1.29 is 14.3 Å². The summed E-state index contributed by atoms with van der Waals surface area (Å²) >= 11 is 0. The zero-order valence-electron chi connectivity index (χ0n) is 18.5. The summed E-state index contributed by atoms with van der Waals surface area (Å²) in [5.74, 6) is -0.741. The number of aryl methyl sites for hydroxylation is 2. The van der Waals surface area contributed by atoms with Crippen LogP contribution in [0, 0.1) is 13.8 Å². The van der Waals surface area contributed by atoms with Crippen LogP contribution in [-0.4, -0.2) is 27.4 Å². The van der Waals surface area contributed by atoms with Gasteiger partial charge in [0.25, 0.3) is 5.91 Å². The minimum Gasteiger partial charge on any atom is -0.459 e. The molecule has 0 atom stereocenters. The van der Waals surface area contributed by atoms with E-state index < -0.39 is 5.97 Å². The predicted octanol–water partition coefficient (Wildman–Crippen LogP) is 5.44. The van der Waals surface area contributed by atoms with Crippen molar-refractivity contribution in [1.82, 2.24) is 9.38 Å². The molecule has 0 aliphatic rings. The Morgan fingerprint density at radius 3 is 2.41 bits per heavy atom. The van der Waals surface area contributed by atoms with Crippen molar-refractivity contribution in [2.45, 2.75) is 33.8 Å². The average molecular weight is 428 g/mol. The fraction of sp³-hybridized carbons (Fsp3) is 0.192. The topological polar surface area (TPSA) is 72.7 Å². The maximum absolute atomic E-state index is 13.4. The number of carbonyl (C=O) groups excluding carboxylic acids is 2. The van der Waals surface area contributed by atoms with Gasteiger partial charge in [0, 0.05) is 17.4 Å². The van der Waals surface area contributed by atoms with Gasteiger partial charge in [0.1, 0.15) is 17.0 Å². The third-order valence-corrected chi connectivity index (χ3v) is 5.01. The quantitative estimate of drug-likeness (QED) is 0.431. The summed E-state index contributed by atoms with van der Waals surface area (Å²) in [5, 5.41) is 2.92. The number of benzene rings is 2. The van der Waals surface area contributed by atoms with Gasteiger partial charge in [-0.1, -0.05) is 42.0 Å². The van der Waals surface area contributed by atoms with E-state index in [2.05, 4.69) is 5.32 Å². The summed E-state index contributed by atoms with van der Waals surface area (Å²) in [7, 11) is 0. The molecule has 6 heteroatoms. The molecule has 1 N–H and O–H groups in total. The number of hydrogen-bond acceptors (Lipinski definition) is 4. The van der Waals surface area contributed by atoms with Gasteiger partial charge in [0.05, 0.1) is 11.7 Å². The number of nitrogens with one attached hydrogen (secondary N) is 1. The largest absolute Gasteiger partial charge is 0.459 e. The number of ether oxygens (including phenoxy) is 1.